The van der Waals surface area contributed by atoms with Crippen LogP contribution in [0.2, 0.25) is 0 Å². The molecule has 0 radical (unpaired) electrons. The Balaban J connectivity index is 2.63. The van der Waals surface area contributed by atoms with Crippen LogP contribution < -0.4 is 5.11 Å². The highest BCUT2D eigenvalue weighted by Gasteiger charge is 2.11. The van der Waals surface area contributed by atoms with Crippen molar-refractivity contribution in [2.45, 2.75) is 13.8 Å². The molecule has 6 nitrogen and oxygen atoms in total. The van der Waals surface area contributed by atoms with Gasteiger partial charge in [-0.15, -0.1) is 0 Å². The number of carbonyl (C=O) groups excluding carboxylic acids is 3. The Morgan fingerprint density at radius 3 is 2.43 bits per heavy atom. The molecule has 21 heavy (non-hydrogen) atoms. The molecular formula is C15H12NO5-. The van der Waals surface area contributed by atoms with E-state index in [2.05, 4.69) is 4.74 Å². The lowest BCUT2D eigenvalue weighted by Crippen LogP contribution is -2.26. The largest absolute Gasteiger partial charge is 0.542 e. The number of fused-ring (bicyclic) bond motifs is 1. The second-order valence-corrected chi connectivity index (χ2v) is 4.38. The van der Waals surface area contributed by atoms with Crippen LogP contribution in [0.3, 0.4) is 0 Å². The van der Waals surface area contributed by atoms with E-state index in [0.29, 0.717) is 16.5 Å². The SMILES string of the molecule is CC(=O)OC(=Cc1cn(C(C)=O)c2ccccc12)C(=O)[O-]. The number of hydrogen-bond donors (Lipinski definition) is 0. The first-order chi connectivity index (χ1) is 9.90. The molecule has 0 aliphatic rings. The molecule has 2 aromatic rings. The van der Waals surface area contributed by atoms with Crippen molar-refractivity contribution in [1.29, 1.82) is 0 Å². The fraction of sp³-hybridized carbons (Fsp3) is 0.133. The molecule has 0 saturated heterocycles. The Bertz CT molecular complexity index is 769. The van der Waals surface area contributed by atoms with Crippen LogP contribution in [-0.2, 0) is 14.3 Å². The Labute approximate surface area is 120 Å². The lowest BCUT2D eigenvalue weighted by molar-refractivity contribution is -0.302. The predicted octanol–water partition coefficient (Wildman–Crippen LogP) is 0.955. The molecule has 0 aliphatic carbocycles. The first kappa shape index (κ1) is 14.5. The minimum atomic E-state index is -1.61. The van der Waals surface area contributed by atoms with Crippen molar-refractivity contribution in [2.24, 2.45) is 0 Å². The van der Waals surface area contributed by atoms with E-state index in [1.54, 1.807) is 24.3 Å². The average Bonchev–Trinajstić information content (AvgIpc) is 2.77. The van der Waals surface area contributed by atoms with Crippen molar-refractivity contribution in [3.05, 3.63) is 41.8 Å². The molecule has 0 fully saturated rings. The maximum absolute atomic E-state index is 11.6. The highest BCUT2D eigenvalue weighted by Crippen LogP contribution is 2.23. The summed E-state index contributed by atoms with van der Waals surface area (Å²) in [5.41, 5.74) is 1.08. The average molecular weight is 286 g/mol. The van der Waals surface area contributed by atoms with Crippen molar-refractivity contribution in [1.82, 2.24) is 4.57 Å². The van der Waals surface area contributed by atoms with Crippen molar-refractivity contribution in [2.75, 3.05) is 0 Å². The van der Waals surface area contributed by atoms with E-state index in [0.717, 1.165) is 6.92 Å². The zero-order valence-electron chi connectivity index (χ0n) is 11.5. The number of esters is 1. The van der Waals surface area contributed by atoms with E-state index in [-0.39, 0.29) is 5.91 Å². The Morgan fingerprint density at radius 2 is 1.86 bits per heavy atom. The quantitative estimate of drug-likeness (QED) is 0.476. The smallest absolute Gasteiger partial charge is 0.308 e. The maximum Gasteiger partial charge on any atom is 0.308 e. The summed E-state index contributed by atoms with van der Waals surface area (Å²) in [4.78, 5) is 33.5. The minimum absolute atomic E-state index is 0.215. The molecule has 0 N–H and O–H groups in total. The molecule has 6 heteroatoms. The van der Waals surface area contributed by atoms with E-state index < -0.39 is 17.7 Å². The number of carbonyl (C=O) groups is 3. The number of para-hydroxylation sites is 1. The molecule has 1 heterocycles. The molecule has 0 aliphatic heterocycles. The normalized spacial score (nSPS) is 11.4. The van der Waals surface area contributed by atoms with Crippen LogP contribution in [0.1, 0.15) is 24.2 Å². The van der Waals surface area contributed by atoms with Crippen LogP contribution in [0.5, 0.6) is 0 Å². The minimum Gasteiger partial charge on any atom is -0.542 e. The first-order valence-corrected chi connectivity index (χ1v) is 6.12. The van der Waals surface area contributed by atoms with Gasteiger partial charge in [0.15, 0.2) is 5.76 Å². The summed E-state index contributed by atoms with van der Waals surface area (Å²) in [5.74, 6) is -3.19. The highest BCUT2D eigenvalue weighted by molar-refractivity contribution is 6.00. The predicted molar refractivity (Wildman–Crippen MR) is 73.0 cm³/mol. The van der Waals surface area contributed by atoms with Crippen molar-refractivity contribution < 1.29 is 24.2 Å². The maximum atomic E-state index is 11.6. The van der Waals surface area contributed by atoms with Crippen LogP contribution in [0.15, 0.2) is 36.2 Å². The molecule has 0 unspecified atom stereocenters. The standard InChI is InChI=1S/C15H13NO5/c1-9(17)16-8-11(12-5-3-4-6-13(12)16)7-14(15(19)20)21-10(2)18/h3-8H,1-2H3,(H,19,20)/p-1. The highest BCUT2D eigenvalue weighted by atomic mass is 16.6. The summed E-state index contributed by atoms with van der Waals surface area (Å²) < 4.78 is 5.99. The Hall–Kier alpha value is -2.89. The third-order valence-corrected chi connectivity index (χ3v) is 2.82. The number of hydrogen-bond acceptors (Lipinski definition) is 5. The fourth-order valence-electron chi connectivity index (χ4n) is 2.01. The molecule has 2 rings (SSSR count). The van der Waals surface area contributed by atoms with E-state index in [1.165, 1.54) is 23.8 Å². The summed E-state index contributed by atoms with van der Waals surface area (Å²) in [6.07, 6.45) is 2.65. The second-order valence-electron chi connectivity index (χ2n) is 4.38. The van der Waals surface area contributed by atoms with Gasteiger partial charge >= 0.3 is 5.97 Å². The molecule has 0 saturated carbocycles. The molecule has 1 aromatic carbocycles. The monoisotopic (exact) mass is 286 g/mol. The van der Waals surface area contributed by atoms with Crippen molar-refractivity contribution in [3.63, 3.8) is 0 Å². The molecule has 0 atom stereocenters. The second kappa shape index (κ2) is 5.62. The zero-order valence-corrected chi connectivity index (χ0v) is 11.5. The van der Waals surface area contributed by atoms with E-state index >= 15 is 0 Å². The van der Waals surface area contributed by atoms with Gasteiger partial charge < -0.3 is 14.6 Å². The number of aromatic nitrogens is 1. The number of carboxylic acids is 1. The van der Waals surface area contributed by atoms with Crippen LogP contribution in [-0.4, -0.2) is 22.4 Å². The fourth-order valence-corrected chi connectivity index (χ4v) is 2.01. The van der Waals surface area contributed by atoms with Gasteiger partial charge in [0.05, 0.1) is 5.52 Å². The summed E-state index contributed by atoms with van der Waals surface area (Å²) in [6.45, 7) is 2.49. The zero-order chi connectivity index (χ0) is 15.6. The Morgan fingerprint density at radius 1 is 1.19 bits per heavy atom. The van der Waals surface area contributed by atoms with E-state index in [9.17, 15) is 19.5 Å². The summed E-state index contributed by atoms with van der Waals surface area (Å²) in [5, 5.41) is 11.7. The summed E-state index contributed by atoms with van der Waals surface area (Å²) >= 11 is 0. The van der Waals surface area contributed by atoms with Crippen molar-refractivity contribution in [3.8, 4) is 0 Å². The molecule has 0 spiro atoms. The van der Waals surface area contributed by atoms with Crippen LogP contribution in [0, 0.1) is 0 Å². The molecular weight excluding hydrogens is 274 g/mol. The molecule has 108 valence electrons. The van der Waals surface area contributed by atoms with Gasteiger partial charge in [0.25, 0.3) is 0 Å². The summed E-state index contributed by atoms with van der Waals surface area (Å²) in [7, 11) is 0. The van der Waals surface area contributed by atoms with Gasteiger partial charge in [-0.25, -0.2) is 0 Å². The van der Waals surface area contributed by atoms with E-state index in [4.69, 9.17) is 0 Å². The van der Waals surface area contributed by atoms with Crippen LogP contribution >= 0.6 is 0 Å². The van der Waals surface area contributed by atoms with Crippen LogP contribution in [0.4, 0.5) is 0 Å². The van der Waals surface area contributed by atoms with Crippen molar-refractivity contribution >= 4 is 34.8 Å². The van der Waals surface area contributed by atoms with Crippen LogP contribution in [0.25, 0.3) is 17.0 Å². The topological polar surface area (TPSA) is 88.4 Å². The van der Waals surface area contributed by atoms with Gasteiger partial charge in [0.2, 0.25) is 5.91 Å². The van der Waals surface area contributed by atoms with Gasteiger partial charge in [-0.1, -0.05) is 18.2 Å². The first-order valence-electron chi connectivity index (χ1n) is 6.12. The lowest BCUT2D eigenvalue weighted by Gasteiger charge is -2.07. The van der Waals surface area contributed by atoms with Gasteiger partial charge in [-0.3, -0.25) is 14.2 Å². The summed E-state index contributed by atoms with van der Waals surface area (Å²) in [6, 6.07) is 7.00. The number of ether oxygens (including phenoxy) is 1. The number of carboxylic acid groups (broad SMARTS) is 1. The number of nitrogens with zero attached hydrogens (tertiary/aromatic N) is 1. The van der Waals surface area contributed by atoms with Gasteiger partial charge in [-0.05, 0) is 12.1 Å². The van der Waals surface area contributed by atoms with Gasteiger partial charge in [-0.2, -0.15) is 0 Å². The molecule has 1 aromatic heterocycles. The van der Waals surface area contributed by atoms with Gasteiger partial charge in [0.1, 0.15) is 5.97 Å². The third-order valence-electron chi connectivity index (χ3n) is 2.82. The number of benzene rings is 1. The Kier molecular flexibility index (Phi) is 3.89. The number of aliphatic carboxylic acids is 1. The molecule has 0 bridgehead atoms. The third kappa shape index (κ3) is 3.00. The lowest BCUT2D eigenvalue weighted by atomic mass is 10.1. The van der Waals surface area contributed by atoms with Gasteiger partial charge in [0, 0.05) is 31.0 Å². The number of rotatable bonds is 3. The van der Waals surface area contributed by atoms with E-state index in [1.807, 2.05) is 0 Å². The molecule has 0 amide bonds.